The van der Waals surface area contributed by atoms with Crippen LogP contribution in [0.3, 0.4) is 0 Å². The smallest absolute Gasteiger partial charge is 0.240 e. The highest BCUT2D eigenvalue weighted by Crippen LogP contribution is 2.48. The van der Waals surface area contributed by atoms with Crippen LogP contribution >= 0.6 is 0 Å². The fraction of sp³-hybridized carbons (Fsp3) is 0.409. The second-order valence-corrected chi connectivity index (χ2v) is 7.82. The number of hydrogen-bond acceptors (Lipinski definition) is 4. The lowest BCUT2D eigenvalue weighted by Gasteiger charge is -2.37. The third-order valence-electron chi connectivity index (χ3n) is 5.76. The van der Waals surface area contributed by atoms with Crippen molar-refractivity contribution in [3.63, 3.8) is 0 Å². The van der Waals surface area contributed by atoms with Gasteiger partial charge >= 0.3 is 0 Å². The predicted octanol–water partition coefficient (Wildman–Crippen LogP) is 2.77. The molecule has 2 aromatic rings. The molecule has 1 aromatic heterocycles. The van der Waals surface area contributed by atoms with Crippen LogP contribution in [-0.4, -0.2) is 47.9 Å². The third kappa shape index (κ3) is 3.46. The maximum absolute atomic E-state index is 13.1. The molecule has 28 heavy (non-hydrogen) atoms. The maximum Gasteiger partial charge on any atom is 0.240 e. The summed E-state index contributed by atoms with van der Waals surface area (Å²) in [5.41, 5.74) is 2.07. The summed E-state index contributed by atoms with van der Waals surface area (Å²) < 4.78 is 0. The highest BCUT2D eigenvalue weighted by atomic mass is 16.2. The van der Waals surface area contributed by atoms with Crippen molar-refractivity contribution in [3.05, 3.63) is 53.7 Å². The van der Waals surface area contributed by atoms with E-state index in [-0.39, 0.29) is 11.8 Å². The highest BCUT2D eigenvalue weighted by molar-refractivity contribution is 6.13. The van der Waals surface area contributed by atoms with Crippen LogP contribution in [0.1, 0.15) is 24.0 Å². The first-order chi connectivity index (χ1) is 13.5. The minimum absolute atomic E-state index is 0.0320. The number of anilines is 2. The molecule has 2 fully saturated rings. The van der Waals surface area contributed by atoms with Crippen molar-refractivity contribution in [1.82, 2.24) is 9.88 Å². The van der Waals surface area contributed by atoms with Gasteiger partial charge in [0.15, 0.2) is 0 Å². The van der Waals surface area contributed by atoms with Crippen molar-refractivity contribution in [2.45, 2.75) is 26.7 Å². The fourth-order valence-corrected chi connectivity index (χ4v) is 3.84. The number of rotatable bonds is 4. The molecule has 1 aliphatic heterocycles. The van der Waals surface area contributed by atoms with Crippen molar-refractivity contribution in [1.29, 1.82) is 0 Å². The normalized spacial score (nSPS) is 17.9. The number of pyridine rings is 1. The summed E-state index contributed by atoms with van der Waals surface area (Å²) >= 11 is 0. The second kappa shape index (κ2) is 7.26. The van der Waals surface area contributed by atoms with E-state index >= 15 is 0 Å². The monoisotopic (exact) mass is 378 g/mol. The third-order valence-corrected chi connectivity index (χ3v) is 5.76. The number of nitrogens with one attached hydrogen (secondary N) is 1. The van der Waals surface area contributed by atoms with E-state index in [1.165, 1.54) is 0 Å². The summed E-state index contributed by atoms with van der Waals surface area (Å²) in [6, 6.07) is 11.8. The number of benzene rings is 1. The van der Waals surface area contributed by atoms with E-state index in [0.29, 0.717) is 25.9 Å². The molecule has 1 aromatic carbocycles. The lowest BCUT2D eigenvalue weighted by atomic mass is 10.0. The number of nitrogens with zero attached hydrogens (tertiary/aromatic N) is 3. The van der Waals surface area contributed by atoms with Crippen LogP contribution in [-0.2, 0) is 9.59 Å². The molecule has 2 aliphatic rings. The summed E-state index contributed by atoms with van der Waals surface area (Å²) in [4.78, 5) is 34.5. The van der Waals surface area contributed by atoms with Crippen LogP contribution in [0.4, 0.5) is 11.5 Å². The molecule has 146 valence electrons. The molecular formula is C22H26N4O2. The van der Waals surface area contributed by atoms with Crippen LogP contribution in [0.5, 0.6) is 0 Å². The first-order valence-corrected chi connectivity index (χ1v) is 9.84. The summed E-state index contributed by atoms with van der Waals surface area (Å²) in [5.74, 6) is 0.732. The molecule has 0 atom stereocenters. The number of piperazine rings is 1. The number of carbonyl (C=O) groups is 2. The molecule has 0 radical (unpaired) electrons. The standard InChI is InChI=1S/C22H26N4O2/c1-16-6-7-18(17(2)15-16)24-20(27)22(8-9-22)21(28)26-13-11-25(12-14-26)19-5-3-4-10-23-19/h3-7,10,15H,8-9,11-14H2,1-2H3,(H,24,27). The van der Waals surface area contributed by atoms with E-state index in [1.807, 2.05) is 55.1 Å². The van der Waals surface area contributed by atoms with E-state index in [4.69, 9.17) is 0 Å². The minimum Gasteiger partial charge on any atom is -0.353 e. The minimum atomic E-state index is -0.884. The van der Waals surface area contributed by atoms with Crippen molar-refractivity contribution >= 4 is 23.3 Å². The van der Waals surface area contributed by atoms with E-state index < -0.39 is 5.41 Å². The molecule has 1 saturated carbocycles. The Kier molecular flexibility index (Phi) is 4.79. The van der Waals surface area contributed by atoms with Crippen LogP contribution in [0.15, 0.2) is 42.6 Å². The SMILES string of the molecule is Cc1ccc(NC(=O)C2(C(=O)N3CCN(c4ccccn4)CC3)CC2)c(C)c1. The molecule has 0 unspecified atom stereocenters. The Morgan fingerprint density at radius 3 is 2.39 bits per heavy atom. The van der Waals surface area contributed by atoms with Gasteiger partial charge in [0.2, 0.25) is 11.8 Å². The number of aryl methyl sites for hydroxylation is 2. The molecule has 6 heteroatoms. The highest BCUT2D eigenvalue weighted by Gasteiger charge is 2.58. The van der Waals surface area contributed by atoms with Crippen LogP contribution < -0.4 is 10.2 Å². The summed E-state index contributed by atoms with van der Waals surface area (Å²) in [5, 5.41) is 2.99. The Bertz CT molecular complexity index is 885. The molecule has 2 heterocycles. The van der Waals surface area contributed by atoms with Gasteiger partial charge in [0.05, 0.1) is 0 Å². The van der Waals surface area contributed by atoms with Crippen LogP contribution in [0.25, 0.3) is 0 Å². The van der Waals surface area contributed by atoms with Gasteiger partial charge in [-0.15, -0.1) is 0 Å². The number of carbonyl (C=O) groups excluding carboxylic acids is 2. The van der Waals surface area contributed by atoms with E-state index in [1.54, 1.807) is 6.20 Å². The van der Waals surface area contributed by atoms with Gasteiger partial charge in [-0.1, -0.05) is 23.8 Å². The van der Waals surface area contributed by atoms with E-state index in [0.717, 1.165) is 35.7 Å². The van der Waals surface area contributed by atoms with Crippen molar-refractivity contribution in [3.8, 4) is 0 Å². The fourth-order valence-electron chi connectivity index (χ4n) is 3.84. The van der Waals surface area contributed by atoms with Gasteiger partial charge in [0.25, 0.3) is 0 Å². The number of aromatic nitrogens is 1. The summed E-state index contributed by atoms with van der Waals surface area (Å²) in [7, 11) is 0. The lowest BCUT2D eigenvalue weighted by molar-refractivity contribution is -0.142. The van der Waals surface area contributed by atoms with Gasteiger partial charge in [0.1, 0.15) is 11.2 Å². The molecule has 1 saturated heterocycles. The molecule has 2 amide bonds. The number of amides is 2. The zero-order chi connectivity index (χ0) is 19.7. The van der Waals surface area contributed by atoms with Gasteiger partial charge < -0.3 is 15.1 Å². The zero-order valence-corrected chi connectivity index (χ0v) is 16.4. The van der Waals surface area contributed by atoms with Gasteiger partial charge in [-0.05, 0) is 50.5 Å². The van der Waals surface area contributed by atoms with E-state index in [2.05, 4.69) is 15.2 Å². The quantitative estimate of drug-likeness (QED) is 0.831. The molecular weight excluding hydrogens is 352 g/mol. The lowest BCUT2D eigenvalue weighted by Crippen LogP contribution is -2.52. The summed E-state index contributed by atoms with van der Waals surface area (Å²) in [6.45, 7) is 6.70. The second-order valence-electron chi connectivity index (χ2n) is 7.82. The van der Waals surface area contributed by atoms with Gasteiger partial charge in [0, 0.05) is 38.1 Å². The Balaban J connectivity index is 1.40. The molecule has 4 rings (SSSR count). The van der Waals surface area contributed by atoms with Crippen molar-refractivity contribution in [2.24, 2.45) is 5.41 Å². The molecule has 0 spiro atoms. The first-order valence-electron chi connectivity index (χ1n) is 9.84. The first kappa shape index (κ1) is 18.5. The maximum atomic E-state index is 13.1. The van der Waals surface area contributed by atoms with Gasteiger partial charge in [-0.3, -0.25) is 9.59 Å². The van der Waals surface area contributed by atoms with Crippen LogP contribution in [0, 0.1) is 19.3 Å². The Labute approximate surface area is 165 Å². The molecule has 0 bridgehead atoms. The van der Waals surface area contributed by atoms with Crippen molar-refractivity contribution in [2.75, 3.05) is 36.4 Å². The average Bonchev–Trinajstić information content (AvgIpc) is 3.52. The Morgan fingerprint density at radius 1 is 1.04 bits per heavy atom. The van der Waals surface area contributed by atoms with Crippen molar-refractivity contribution < 1.29 is 9.59 Å². The zero-order valence-electron chi connectivity index (χ0n) is 16.4. The Hall–Kier alpha value is -2.89. The molecule has 1 aliphatic carbocycles. The molecule has 6 nitrogen and oxygen atoms in total. The topological polar surface area (TPSA) is 65.5 Å². The molecule has 1 N–H and O–H groups in total. The Morgan fingerprint density at radius 2 is 1.79 bits per heavy atom. The average molecular weight is 378 g/mol. The van der Waals surface area contributed by atoms with Gasteiger partial charge in [-0.2, -0.15) is 0 Å². The van der Waals surface area contributed by atoms with Crippen LogP contribution in [0.2, 0.25) is 0 Å². The summed E-state index contributed by atoms with van der Waals surface area (Å²) in [6.07, 6.45) is 3.04. The largest absolute Gasteiger partial charge is 0.353 e. The predicted molar refractivity (Wildman–Crippen MR) is 109 cm³/mol. The van der Waals surface area contributed by atoms with E-state index in [9.17, 15) is 9.59 Å². The number of hydrogen-bond donors (Lipinski definition) is 1. The van der Waals surface area contributed by atoms with Gasteiger partial charge in [-0.25, -0.2) is 4.98 Å².